The topological polar surface area (TPSA) is 92.6 Å². The maximum Gasteiger partial charge on any atom is 0.268 e. The van der Waals surface area contributed by atoms with E-state index in [2.05, 4.69) is 45.8 Å². The van der Waals surface area contributed by atoms with E-state index in [9.17, 15) is 4.79 Å². The Morgan fingerprint density at radius 2 is 2.12 bits per heavy atom. The van der Waals surface area contributed by atoms with Crippen molar-refractivity contribution in [2.24, 2.45) is 0 Å². The summed E-state index contributed by atoms with van der Waals surface area (Å²) < 4.78 is 2.53. The molecule has 4 heterocycles. The van der Waals surface area contributed by atoms with E-state index >= 15 is 0 Å². The number of nitrogens with one attached hydrogen (secondary N) is 1. The molecular formula is C17H19N7OS. The van der Waals surface area contributed by atoms with Gasteiger partial charge in [-0.25, -0.2) is 19.6 Å². The van der Waals surface area contributed by atoms with Gasteiger partial charge in [0, 0.05) is 7.05 Å². The largest absolute Gasteiger partial charge is 0.351 e. The lowest BCUT2D eigenvalue weighted by Gasteiger charge is -2.21. The highest BCUT2D eigenvalue weighted by atomic mass is 32.1. The van der Waals surface area contributed by atoms with Crippen LogP contribution in [-0.2, 0) is 12.1 Å². The van der Waals surface area contributed by atoms with Crippen LogP contribution in [-0.4, -0.2) is 36.8 Å². The number of thiophene rings is 1. The van der Waals surface area contributed by atoms with Crippen LogP contribution in [0.2, 0.25) is 0 Å². The fourth-order valence-corrected chi connectivity index (χ4v) is 3.65. The molecule has 26 heavy (non-hydrogen) atoms. The van der Waals surface area contributed by atoms with Gasteiger partial charge in [-0.2, -0.15) is 5.10 Å². The standard InChI is InChI=1S/C17H19N7OS/c1-17(2,3)24-15-10(7-20-24)14(18-9-19-15)23(4)8-12-21-11-5-6-26-13(11)16(25)22-12/h5-7,9H,8H2,1-4H3,(H,21,22,25). The molecule has 1 N–H and O–H groups in total. The SMILES string of the molecule is CN(Cc1nc2ccsc2c(=O)[nH]1)c1ncnc2c1cnn2C(C)(C)C. The zero-order valence-corrected chi connectivity index (χ0v) is 15.8. The Bertz CT molecular complexity index is 1150. The second-order valence-corrected chi connectivity index (χ2v) is 8.08. The second-order valence-electron chi connectivity index (χ2n) is 7.17. The van der Waals surface area contributed by atoms with E-state index in [-0.39, 0.29) is 11.1 Å². The maximum atomic E-state index is 12.2. The predicted molar refractivity (Wildman–Crippen MR) is 103 cm³/mol. The number of anilines is 1. The van der Waals surface area contributed by atoms with Gasteiger partial charge in [0.2, 0.25) is 0 Å². The number of hydrogen-bond acceptors (Lipinski definition) is 7. The van der Waals surface area contributed by atoms with Gasteiger partial charge in [0.05, 0.1) is 29.2 Å². The fourth-order valence-electron chi connectivity index (χ4n) is 2.92. The Balaban J connectivity index is 1.73. The monoisotopic (exact) mass is 369 g/mol. The van der Waals surface area contributed by atoms with Gasteiger partial charge in [0.25, 0.3) is 5.56 Å². The van der Waals surface area contributed by atoms with Crippen molar-refractivity contribution in [2.75, 3.05) is 11.9 Å². The van der Waals surface area contributed by atoms with Crippen molar-refractivity contribution >= 4 is 38.4 Å². The molecule has 9 heteroatoms. The highest BCUT2D eigenvalue weighted by Gasteiger charge is 2.21. The summed E-state index contributed by atoms with van der Waals surface area (Å²) in [5, 5.41) is 7.22. The van der Waals surface area contributed by atoms with Crippen LogP contribution in [0.3, 0.4) is 0 Å². The highest BCUT2D eigenvalue weighted by Crippen LogP contribution is 2.26. The quantitative estimate of drug-likeness (QED) is 0.596. The summed E-state index contributed by atoms with van der Waals surface area (Å²) in [5.41, 5.74) is 1.21. The zero-order chi connectivity index (χ0) is 18.5. The van der Waals surface area contributed by atoms with E-state index in [1.807, 2.05) is 28.1 Å². The molecule has 0 aliphatic rings. The Morgan fingerprint density at radius 1 is 1.31 bits per heavy atom. The predicted octanol–water partition coefficient (Wildman–Crippen LogP) is 2.52. The van der Waals surface area contributed by atoms with Crippen molar-refractivity contribution in [3.63, 3.8) is 0 Å². The summed E-state index contributed by atoms with van der Waals surface area (Å²) in [6, 6.07) is 1.86. The van der Waals surface area contributed by atoms with Gasteiger partial charge in [0.15, 0.2) is 5.65 Å². The third-order valence-corrected chi connectivity index (χ3v) is 4.99. The van der Waals surface area contributed by atoms with E-state index in [4.69, 9.17) is 0 Å². The summed E-state index contributed by atoms with van der Waals surface area (Å²) in [6.45, 7) is 6.66. The maximum absolute atomic E-state index is 12.2. The summed E-state index contributed by atoms with van der Waals surface area (Å²) in [4.78, 5) is 30.3. The number of fused-ring (bicyclic) bond motifs is 2. The van der Waals surface area contributed by atoms with Crippen LogP contribution in [0.1, 0.15) is 26.6 Å². The van der Waals surface area contributed by atoms with Gasteiger partial charge in [-0.3, -0.25) is 4.79 Å². The van der Waals surface area contributed by atoms with Crippen molar-refractivity contribution in [3.8, 4) is 0 Å². The van der Waals surface area contributed by atoms with Crippen LogP contribution >= 0.6 is 11.3 Å². The van der Waals surface area contributed by atoms with Crippen LogP contribution in [0.15, 0.2) is 28.8 Å². The summed E-state index contributed by atoms with van der Waals surface area (Å²) in [6.07, 6.45) is 3.32. The van der Waals surface area contributed by atoms with Crippen molar-refractivity contribution in [1.29, 1.82) is 0 Å². The lowest BCUT2D eigenvalue weighted by molar-refractivity contribution is 0.366. The minimum absolute atomic E-state index is 0.109. The van der Waals surface area contributed by atoms with Crippen LogP contribution in [0.25, 0.3) is 21.3 Å². The molecule has 0 saturated carbocycles. The van der Waals surface area contributed by atoms with E-state index in [1.165, 1.54) is 17.7 Å². The molecule has 4 aromatic rings. The van der Waals surface area contributed by atoms with Gasteiger partial charge >= 0.3 is 0 Å². The molecule has 0 aliphatic carbocycles. The van der Waals surface area contributed by atoms with E-state index in [0.717, 1.165) is 22.4 Å². The molecule has 0 unspecified atom stereocenters. The van der Waals surface area contributed by atoms with Crippen molar-refractivity contribution in [2.45, 2.75) is 32.9 Å². The zero-order valence-electron chi connectivity index (χ0n) is 15.0. The lowest BCUT2D eigenvalue weighted by Crippen LogP contribution is -2.24. The summed E-state index contributed by atoms with van der Waals surface area (Å²) >= 11 is 1.39. The molecule has 4 rings (SSSR count). The summed E-state index contributed by atoms with van der Waals surface area (Å²) in [5.74, 6) is 1.34. The molecular weight excluding hydrogens is 350 g/mol. The molecule has 0 bridgehead atoms. The first-order valence-electron chi connectivity index (χ1n) is 8.21. The van der Waals surface area contributed by atoms with E-state index < -0.39 is 0 Å². The first kappa shape index (κ1) is 16.6. The van der Waals surface area contributed by atoms with Gasteiger partial charge in [0.1, 0.15) is 22.7 Å². The van der Waals surface area contributed by atoms with Gasteiger partial charge in [-0.15, -0.1) is 11.3 Å². The third-order valence-electron chi connectivity index (χ3n) is 4.09. The Kier molecular flexibility index (Phi) is 3.76. The number of aromatic nitrogens is 6. The van der Waals surface area contributed by atoms with Crippen LogP contribution in [0.5, 0.6) is 0 Å². The minimum atomic E-state index is -0.178. The molecule has 0 fully saturated rings. The Morgan fingerprint density at radius 3 is 2.88 bits per heavy atom. The minimum Gasteiger partial charge on any atom is -0.351 e. The van der Waals surface area contributed by atoms with Gasteiger partial charge in [-0.05, 0) is 32.2 Å². The first-order chi connectivity index (χ1) is 12.3. The van der Waals surface area contributed by atoms with Crippen molar-refractivity contribution < 1.29 is 0 Å². The molecule has 0 amide bonds. The second kappa shape index (κ2) is 5.87. The number of rotatable bonds is 3. The molecule has 0 spiro atoms. The lowest BCUT2D eigenvalue weighted by atomic mass is 10.1. The Labute approximate surface area is 153 Å². The molecule has 0 atom stereocenters. The third kappa shape index (κ3) is 2.74. The molecule has 8 nitrogen and oxygen atoms in total. The normalized spacial score (nSPS) is 12.2. The molecule has 0 aliphatic heterocycles. The van der Waals surface area contributed by atoms with Crippen molar-refractivity contribution in [3.05, 3.63) is 40.1 Å². The van der Waals surface area contributed by atoms with E-state index in [1.54, 1.807) is 6.20 Å². The fraction of sp³-hybridized carbons (Fsp3) is 0.353. The number of H-pyrrole nitrogens is 1. The molecule has 4 aromatic heterocycles. The number of hydrogen-bond donors (Lipinski definition) is 1. The smallest absolute Gasteiger partial charge is 0.268 e. The molecule has 0 aromatic carbocycles. The first-order valence-corrected chi connectivity index (χ1v) is 9.09. The van der Waals surface area contributed by atoms with Crippen LogP contribution < -0.4 is 10.5 Å². The molecule has 134 valence electrons. The van der Waals surface area contributed by atoms with Crippen LogP contribution in [0, 0.1) is 0 Å². The number of aromatic amines is 1. The van der Waals surface area contributed by atoms with Gasteiger partial charge in [-0.1, -0.05) is 0 Å². The van der Waals surface area contributed by atoms with Crippen LogP contribution in [0.4, 0.5) is 5.82 Å². The highest BCUT2D eigenvalue weighted by molar-refractivity contribution is 7.17. The average Bonchev–Trinajstić information content (AvgIpc) is 3.20. The van der Waals surface area contributed by atoms with Crippen molar-refractivity contribution in [1.82, 2.24) is 29.7 Å². The molecule has 0 radical (unpaired) electrons. The van der Waals surface area contributed by atoms with Gasteiger partial charge < -0.3 is 9.88 Å². The number of nitrogens with zero attached hydrogens (tertiary/aromatic N) is 6. The molecule has 0 saturated heterocycles. The van der Waals surface area contributed by atoms with E-state index in [0.29, 0.717) is 17.1 Å². The Hall–Kier alpha value is -2.81. The summed E-state index contributed by atoms with van der Waals surface area (Å²) in [7, 11) is 1.91. The average molecular weight is 369 g/mol.